The maximum atomic E-state index is 12.6. The van der Waals surface area contributed by atoms with Crippen molar-refractivity contribution in [2.24, 2.45) is 0 Å². The van der Waals surface area contributed by atoms with Gasteiger partial charge in [-0.1, -0.05) is 74.5 Å². The van der Waals surface area contributed by atoms with Crippen molar-refractivity contribution in [1.29, 1.82) is 0 Å². The summed E-state index contributed by atoms with van der Waals surface area (Å²) >= 11 is 0. The van der Waals surface area contributed by atoms with Crippen molar-refractivity contribution in [2.75, 3.05) is 39.3 Å². The molecule has 4 nitrogen and oxygen atoms in total. The monoisotopic (exact) mass is 368 g/mol. The zero-order valence-electron chi connectivity index (χ0n) is 16.6. The minimum absolute atomic E-state index is 0.214. The second-order valence-electron chi connectivity index (χ2n) is 6.60. The van der Waals surface area contributed by atoms with Crippen LogP contribution < -0.4 is 0 Å². The summed E-state index contributed by atoms with van der Waals surface area (Å²) in [6.45, 7) is 8.74. The van der Waals surface area contributed by atoms with Crippen LogP contribution in [-0.4, -0.2) is 55.2 Å². The first-order valence-corrected chi connectivity index (χ1v) is 9.94. The molecule has 0 atom stereocenters. The lowest BCUT2D eigenvalue weighted by Gasteiger charge is -2.24. The number of nitrogens with zero attached hydrogens (tertiary/aromatic N) is 2. The summed E-state index contributed by atoms with van der Waals surface area (Å²) in [5.74, 6) is 0. The first kappa shape index (κ1) is 21.0. The van der Waals surface area contributed by atoms with E-state index in [0.717, 1.165) is 32.5 Å². The van der Waals surface area contributed by atoms with Crippen molar-refractivity contribution < 1.29 is 9.53 Å². The van der Waals surface area contributed by atoms with Crippen molar-refractivity contribution in [2.45, 2.75) is 26.7 Å². The van der Waals surface area contributed by atoms with E-state index in [1.807, 2.05) is 41.3 Å². The minimum Gasteiger partial charge on any atom is -0.448 e. The maximum Gasteiger partial charge on any atom is 0.409 e. The number of amides is 1. The van der Waals surface area contributed by atoms with E-state index in [-0.39, 0.29) is 6.09 Å². The summed E-state index contributed by atoms with van der Waals surface area (Å²) in [6, 6.07) is 20.6. The van der Waals surface area contributed by atoms with Gasteiger partial charge in [0.15, 0.2) is 0 Å². The highest BCUT2D eigenvalue weighted by atomic mass is 16.6. The smallest absolute Gasteiger partial charge is 0.409 e. The van der Waals surface area contributed by atoms with Gasteiger partial charge in [-0.25, -0.2) is 4.79 Å². The molecule has 0 N–H and O–H groups in total. The zero-order chi connectivity index (χ0) is 19.3. The van der Waals surface area contributed by atoms with Gasteiger partial charge in [0.1, 0.15) is 6.61 Å². The molecule has 0 aromatic heterocycles. The van der Waals surface area contributed by atoms with Gasteiger partial charge in [-0.15, -0.1) is 0 Å². The molecule has 4 heteroatoms. The third kappa shape index (κ3) is 7.83. The van der Waals surface area contributed by atoms with Crippen LogP contribution in [-0.2, 0) is 17.6 Å². The molecule has 27 heavy (non-hydrogen) atoms. The Kier molecular flexibility index (Phi) is 9.42. The topological polar surface area (TPSA) is 32.8 Å². The molecule has 0 heterocycles. The van der Waals surface area contributed by atoms with Crippen LogP contribution in [0.3, 0.4) is 0 Å². The maximum absolute atomic E-state index is 12.6. The van der Waals surface area contributed by atoms with Crippen molar-refractivity contribution in [1.82, 2.24) is 9.80 Å². The molecular weight excluding hydrogens is 336 g/mol. The van der Waals surface area contributed by atoms with Crippen LogP contribution in [0, 0.1) is 0 Å². The molecule has 0 saturated heterocycles. The van der Waals surface area contributed by atoms with E-state index >= 15 is 0 Å². The van der Waals surface area contributed by atoms with Gasteiger partial charge in [-0.3, -0.25) is 0 Å². The van der Waals surface area contributed by atoms with Crippen molar-refractivity contribution in [3.8, 4) is 0 Å². The van der Waals surface area contributed by atoms with E-state index in [9.17, 15) is 4.79 Å². The van der Waals surface area contributed by atoms with E-state index in [4.69, 9.17) is 4.74 Å². The van der Waals surface area contributed by atoms with E-state index in [1.165, 1.54) is 11.1 Å². The zero-order valence-corrected chi connectivity index (χ0v) is 16.6. The third-order valence-corrected chi connectivity index (χ3v) is 4.81. The Balaban J connectivity index is 1.89. The van der Waals surface area contributed by atoms with Crippen LogP contribution in [0.4, 0.5) is 4.79 Å². The van der Waals surface area contributed by atoms with Crippen LogP contribution in [0.5, 0.6) is 0 Å². The largest absolute Gasteiger partial charge is 0.448 e. The molecule has 1 amide bonds. The van der Waals surface area contributed by atoms with Crippen molar-refractivity contribution in [3.05, 3.63) is 71.8 Å². The highest BCUT2D eigenvalue weighted by molar-refractivity contribution is 5.67. The fourth-order valence-corrected chi connectivity index (χ4v) is 3.01. The van der Waals surface area contributed by atoms with Gasteiger partial charge in [0.25, 0.3) is 0 Å². The van der Waals surface area contributed by atoms with Crippen LogP contribution >= 0.6 is 0 Å². The Morgan fingerprint density at radius 2 is 1.26 bits per heavy atom. The van der Waals surface area contributed by atoms with E-state index in [0.29, 0.717) is 19.7 Å². The molecule has 2 aromatic rings. The second kappa shape index (κ2) is 12.1. The number of benzene rings is 2. The predicted molar refractivity (Wildman–Crippen MR) is 111 cm³/mol. The molecule has 0 unspecified atom stereocenters. The van der Waals surface area contributed by atoms with Crippen LogP contribution in [0.25, 0.3) is 0 Å². The summed E-state index contributed by atoms with van der Waals surface area (Å²) in [4.78, 5) is 16.7. The van der Waals surface area contributed by atoms with Crippen molar-refractivity contribution in [3.63, 3.8) is 0 Å². The van der Waals surface area contributed by atoms with Gasteiger partial charge in [-0.05, 0) is 37.1 Å². The van der Waals surface area contributed by atoms with Gasteiger partial charge >= 0.3 is 6.09 Å². The number of hydrogen-bond acceptors (Lipinski definition) is 3. The molecule has 2 aromatic carbocycles. The number of ether oxygens (including phenoxy) is 1. The first-order valence-electron chi connectivity index (χ1n) is 9.94. The van der Waals surface area contributed by atoms with Gasteiger partial charge in [0, 0.05) is 19.6 Å². The predicted octanol–water partition coefficient (Wildman–Crippen LogP) is 4.25. The lowest BCUT2D eigenvalue weighted by Crippen LogP contribution is -2.37. The molecule has 0 aliphatic carbocycles. The van der Waals surface area contributed by atoms with Crippen LogP contribution in [0.1, 0.15) is 25.0 Å². The van der Waals surface area contributed by atoms with E-state index in [2.05, 4.69) is 43.0 Å². The van der Waals surface area contributed by atoms with Gasteiger partial charge in [0.2, 0.25) is 0 Å². The molecule has 0 saturated carbocycles. The lowest BCUT2D eigenvalue weighted by molar-refractivity contribution is 0.0922. The number of carbonyl (C=O) groups is 1. The Labute approximate surface area is 163 Å². The average Bonchev–Trinajstić information content (AvgIpc) is 2.72. The molecule has 146 valence electrons. The number of carbonyl (C=O) groups excluding carboxylic acids is 1. The third-order valence-electron chi connectivity index (χ3n) is 4.81. The summed E-state index contributed by atoms with van der Waals surface area (Å²) in [5, 5.41) is 0. The fraction of sp³-hybridized carbons (Fsp3) is 0.435. The van der Waals surface area contributed by atoms with Crippen molar-refractivity contribution >= 4 is 6.09 Å². The Morgan fingerprint density at radius 1 is 0.778 bits per heavy atom. The van der Waals surface area contributed by atoms with Gasteiger partial charge < -0.3 is 14.5 Å². The minimum atomic E-state index is -0.214. The highest BCUT2D eigenvalue weighted by Gasteiger charge is 2.15. The average molecular weight is 369 g/mol. The second-order valence-corrected chi connectivity index (χ2v) is 6.60. The summed E-state index contributed by atoms with van der Waals surface area (Å²) in [6.07, 6.45) is 1.45. The molecule has 2 rings (SSSR count). The first-order chi connectivity index (χ1) is 13.2. The SMILES string of the molecule is CCN(CC)CCOC(=O)N(CCc1ccccc1)CCc1ccccc1. The normalized spacial score (nSPS) is 10.8. The van der Waals surface area contributed by atoms with E-state index in [1.54, 1.807) is 0 Å². The lowest BCUT2D eigenvalue weighted by atomic mass is 10.1. The molecule has 0 aliphatic rings. The Bertz CT molecular complexity index is 598. The molecule has 0 aliphatic heterocycles. The summed E-state index contributed by atoms with van der Waals surface area (Å²) in [7, 11) is 0. The van der Waals surface area contributed by atoms with Crippen LogP contribution in [0.2, 0.25) is 0 Å². The fourth-order valence-electron chi connectivity index (χ4n) is 3.01. The highest BCUT2D eigenvalue weighted by Crippen LogP contribution is 2.06. The van der Waals surface area contributed by atoms with Crippen LogP contribution in [0.15, 0.2) is 60.7 Å². The molecule has 0 spiro atoms. The van der Waals surface area contributed by atoms with E-state index < -0.39 is 0 Å². The summed E-state index contributed by atoms with van der Waals surface area (Å²) < 4.78 is 5.56. The standard InChI is InChI=1S/C23H32N2O2/c1-3-24(4-2)19-20-27-23(26)25(17-15-21-11-7-5-8-12-21)18-16-22-13-9-6-10-14-22/h5-14H,3-4,15-20H2,1-2H3. The number of rotatable bonds is 11. The molecular formula is C23H32N2O2. The van der Waals surface area contributed by atoms with Gasteiger partial charge in [0.05, 0.1) is 0 Å². The number of likely N-dealkylation sites (N-methyl/N-ethyl adjacent to an activating group) is 1. The summed E-state index contributed by atoms with van der Waals surface area (Å²) in [5.41, 5.74) is 2.47. The molecule has 0 radical (unpaired) electrons. The molecule has 0 fully saturated rings. The Morgan fingerprint density at radius 3 is 1.70 bits per heavy atom. The Hall–Kier alpha value is -2.33. The van der Waals surface area contributed by atoms with Gasteiger partial charge in [-0.2, -0.15) is 0 Å². The quantitative estimate of drug-likeness (QED) is 0.594. The number of hydrogen-bond donors (Lipinski definition) is 0. The molecule has 0 bridgehead atoms.